The van der Waals surface area contributed by atoms with E-state index in [1.54, 1.807) is 0 Å². The fraction of sp³-hybridized carbons (Fsp3) is 1.00. The zero-order chi connectivity index (χ0) is 8.36. The molecule has 0 aromatic rings. The molecule has 0 saturated carbocycles. The fourth-order valence-corrected chi connectivity index (χ4v) is 10.5. The predicted molar refractivity (Wildman–Crippen MR) is 49.0 cm³/mol. The summed E-state index contributed by atoms with van der Waals surface area (Å²) in [4.78, 5) is 0. The van der Waals surface area contributed by atoms with Gasteiger partial charge in [-0.25, -0.2) is 0 Å². The summed E-state index contributed by atoms with van der Waals surface area (Å²) in [7, 11) is 6.05. The van der Waals surface area contributed by atoms with Crippen LogP contribution in [0.25, 0.3) is 0 Å². The monoisotopic (exact) mass is 364 g/mol. The van der Waals surface area contributed by atoms with Crippen LogP contribution in [0.5, 0.6) is 0 Å². The van der Waals surface area contributed by atoms with Crippen molar-refractivity contribution < 1.29 is 17.6 Å². The van der Waals surface area contributed by atoms with Crippen LogP contribution in [-0.4, -0.2) is 18.0 Å². The van der Waals surface area contributed by atoms with E-state index >= 15 is 0 Å². The molecule has 10 heavy (non-hydrogen) atoms. The van der Waals surface area contributed by atoms with Gasteiger partial charge in [0.15, 0.2) is 0 Å². The molecule has 0 heterocycles. The van der Waals surface area contributed by atoms with Gasteiger partial charge in [0, 0.05) is 0 Å². The van der Waals surface area contributed by atoms with E-state index in [-0.39, 0.29) is 17.6 Å². The van der Waals surface area contributed by atoms with Crippen LogP contribution in [0.15, 0.2) is 0 Å². The molecule has 0 fully saturated rings. The van der Waals surface area contributed by atoms with Gasteiger partial charge >= 0.3 is 77.2 Å². The molecular weight excluding hydrogens is 347 g/mol. The molecule has 0 aliphatic heterocycles. The number of halogens is 1. The summed E-state index contributed by atoms with van der Waals surface area (Å²) in [5.41, 5.74) is 1.65. The molecular formula is C7H17AuClP. The van der Waals surface area contributed by atoms with Crippen molar-refractivity contribution in [2.45, 2.75) is 39.0 Å². The Kier molecular flexibility index (Phi) is 5.13. The van der Waals surface area contributed by atoms with Crippen LogP contribution < -0.4 is 0 Å². The molecule has 0 aromatic carbocycles. The minimum atomic E-state index is -0.731. The van der Waals surface area contributed by atoms with Gasteiger partial charge in [-0.1, -0.05) is 0 Å². The Balaban J connectivity index is 4.59. The molecule has 0 aromatic heterocycles. The number of hydrogen-bond donors (Lipinski definition) is 0. The minimum absolute atomic E-state index is 0.0671. The van der Waals surface area contributed by atoms with Crippen molar-refractivity contribution in [2.75, 3.05) is 6.66 Å². The second kappa shape index (κ2) is 4.48. The Hall–Kier alpha value is 1.46. The van der Waals surface area contributed by atoms with Crippen molar-refractivity contribution in [1.29, 1.82) is 0 Å². The van der Waals surface area contributed by atoms with Gasteiger partial charge in [-0.15, -0.1) is 0 Å². The van der Waals surface area contributed by atoms with E-state index in [4.69, 9.17) is 9.19 Å². The Bertz CT molecular complexity index is 140. The summed E-state index contributed by atoms with van der Waals surface area (Å²) < 4.78 is -0.731. The van der Waals surface area contributed by atoms with Crippen LogP contribution in [-0.2, 0) is 17.6 Å². The van der Waals surface area contributed by atoms with Gasteiger partial charge in [0.05, 0.1) is 0 Å². The van der Waals surface area contributed by atoms with Crippen molar-refractivity contribution >= 4 is 13.9 Å². The zero-order valence-corrected chi connectivity index (χ0v) is 11.1. The molecule has 0 aliphatic rings. The van der Waals surface area contributed by atoms with Crippen LogP contribution in [0, 0.1) is 0 Å². The summed E-state index contributed by atoms with van der Waals surface area (Å²) >= 11 is 0.0671. The first kappa shape index (κ1) is 11.5. The molecule has 0 N–H and O–H groups in total. The quantitative estimate of drug-likeness (QED) is 0.519. The standard InChI is InChI=1S/C7H17P.Au.ClH/c1-6(2)8(5)7(3)4;;/h6-7H,1-5H3;;1H/q;+1;/p-1. The summed E-state index contributed by atoms with van der Waals surface area (Å²) in [6.07, 6.45) is 0. The number of rotatable bonds is 2. The van der Waals surface area contributed by atoms with Gasteiger partial charge in [0.25, 0.3) is 0 Å². The van der Waals surface area contributed by atoms with E-state index in [1.165, 1.54) is 0 Å². The SMILES string of the molecule is CC(C)[P](C)(=[Au][Cl])C(C)C. The van der Waals surface area contributed by atoms with Crippen molar-refractivity contribution in [3.8, 4) is 0 Å². The first-order valence-corrected chi connectivity index (χ1v) is 11.3. The molecule has 0 rings (SSSR count). The van der Waals surface area contributed by atoms with Gasteiger partial charge in [-0.05, 0) is 0 Å². The molecule has 0 atom stereocenters. The third-order valence-corrected chi connectivity index (χ3v) is 20.6. The molecule has 0 aliphatic carbocycles. The molecule has 0 unspecified atom stereocenters. The van der Waals surface area contributed by atoms with E-state index in [0.29, 0.717) is 0 Å². The molecule has 0 saturated heterocycles. The Morgan fingerprint density at radius 1 is 1.10 bits per heavy atom. The second-order valence-corrected chi connectivity index (χ2v) is 17.1. The first-order valence-electron chi connectivity index (χ1n) is 3.52. The van der Waals surface area contributed by atoms with Gasteiger partial charge in [0.2, 0.25) is 0 Å². The van der Waals surface area contributed by atoms with Crippen LogP contribution in [0.1, 0.15) is 27.7 Å². The molecule has 0 amide bonds. The van der Waals surface area contributed by atoms with E-state index in [9.17, 15) is 0 Å². The Morgan fingerprint density at radius 3 is 1.40 bits per heavy atom. The van der Waals surface area contributed by atoms with Crippen LogP contribution in [0.2, 0.25) is 0 Å². The summed E-state index contributed by atoms with van der Waals surface area (Å²) in [6.45, 7) is 11.7. The molecule has 3 heteroatoms. The second-order valence-electron chi connectivity index (χ2n) is 3.19. The van der Waals surface area contributed by atoms with Gasteiger partial charge < -0.3 is 0 Å². The van der Waals surface area contributed by atoms with Crippen molar-refractivity contribution in [1.82, 2.24) is 0 Å². The van der Waals surface area contributed by atoms with E-state index in [0.717, 1.165) is 11.3 Å². The van der Waals surface area contributed by atoms with Crippen LogP contribution in [0.3, 0.4) is 0 Å². The van der Waals surface area contributed by atoms with Gasteiger partial charge in [-0.3, -0.25) is 0 Å². The van der Waals surface area contributed by atoms with Crippen molar-refractivity contribution in [3.05, 3.63) is 0 Å². The van der Waals surface area contributed by atoms with E-state index in [2.05, 4.69) is 34.4 Å². The summed E-state index contributed by atoms with van der Waals surface area (Å²) in [5.74, 6) is 0. The Morgan fingerprint density at radius 2 is 1.40 bits per heavy atom. The maximum absolute atomic E-state index is 6.05. The average molecular weight is 365 g/mol. The molecule has 0 spiro atoms. The third-order valence-electron chi connectivity index (χ3n) is 2.05. The molecule has 0 radical (unpaired) electrons. The average Bonchev–Trinajstić information content (AvgIpc) is 1.85. The predicted octanol–water partition coefficient (Wildman–Crippen LogP) is 3.60. The van der Waals surface area contributed by atoms with Crippen molar-refractivity contribution in [3.63, 3.8) is 0 Å². The van der Waals surface area contributed by atoms with Gasteiger partial charge in [-0.2, -0.15) is 0 Å². The zero-order valence-electron chi connectivity index (χ0n) is 7.28. The fourth-order valence-electron chi connectivity index (χ4n) is 0.714. The van der Waals surface area contributed by atoms with E-state index in [1.807, 2.05) is 0 Å². The first-order chi connectivity index (χ1) is 4.45. The van der Waals surface area contributed by atoms with Crippen LogP contribution >= 0.6 is 13.9 Å². The van der Waals surface area contributed by atoms with E-state index < -0.39 is 4.69 Å². The van der Waals surface area contributed by atoms with Crippen molar-refractivity contribution in [2.24, 2.45) is 0 Å². The molecule has 0 nitrogen and oxygen atoms in total. The molecule has 68 valence electrons. The third kappa shape index (κ3) is 2.50. The summed E-state index contributed by atoms with van der Waals surface area (Å²) in [6, 6.07) is 0. The number of hydrogen-bond acceptors (Lipinski definition) is 0. The topological polar surface area (TPSA) is 0 Å². The normalized spacial score (nSPS) is 13.6. The Labute approximate surface area is 77.0 Å². The van der Waals surface area contributed by atoms with Crippen LogP contribution in [0.4, 0.5) is 0 Å². The molecule has 0 bridgehead atoms. The maximum atomic E-state index is 6.05. The van der Waals surface area contributed by atoms with Gasteiger partial charge in [0.1, 0.15) is 0 Å². The summed E-state index contributed by atoms with van der Waals surface area (Å²) in [5, 5.41) is 0.